The summed E-state index contributed by atoms with van der Waals surface area (Å²) < 4.78 is 7.73. The zero-order valence-corrected chi connectivity index (χ0v) is 10.7. The standard InChI is InChI=1S/C14H19N3O/c1-2-17-12-16-11-13(17)10-15-8-9-18-14-6-4-3-5-7-14/h3-7,11-12,15H,2,8-10H2,1H3. The van der Waals surface area contributed by atoms with Crippen LogP contribution in [0.2, 0.25) is 0 Å². The van der Waals surface area contributed by atoms with Gasteiger partial charge in [-0.15, -0.1) is 0 Å². The molecule has 1 aromatic carbocycles. The Morgan fingerprint density at radius 1 is 1.28 bits per heavy atom. The van der Waals surface area contributed by atoms with Crippen molar-refractivity contribution in [1.82, 2.24) is 14.9 Å². The van der Waals surface area contributed by atoms with Crippen molar-refractivity contribution in [3.8, 4) is 5.75 Å². The average molecular weight is 245 g/mol. The van der Waals surface area contributed by atoms with Gasteiger partial charge >= 0.3 is 0 Å². The lowest BCUT2D eigenvalue weighted by atomic mass is 10.3. The first kappa shape index (κ1) is 12.6. The molecule has 1 aromatic heterocycles. The Bertz CT molecular complexity index is 453. The van der Waals surface area contributed by atoms with Gasteiger partial charge in [-0.05, 0) is 19.1 Å². The van der Waals surface area contributed by atoms with E-state index in [2.05, 4.69) is 21.8 Å². The summed E-state index contributed by atoms with van der Waals surface area (Å²) in [6, 6.07) is 9.86. The van der Waals surface area contributed by atoms with Crippen LogP contribution in [-0.2, 0) is 13.1 Å². The second-order valence-corrected chi connectivity index (χ2v) is 4.01. The Hall–Kier alpha value is -1.81. The van der Waals surface area contributed by atoms with E-state index in [0.717, 1.165) is 25.4 Å². The third-order valence-corrected chi connectivity index (χ3v) is 2.74. The summed E-state index contributed by atoms with van der Waals surface area (Å²) in [7, 11) is 0. The molecule has 0 saturated carbocycles. The van der Waals surface area contributed by atoms with Gasteiger partial charge in [0.25, 0.3) is 0 Å². The summed E-state index contributed by atoms with van der Waals surface area (Å²) in [5.74, 6) is 0.915. The molecule has 1 heterocycles. The van der Waals surface area contributed by atoms with Gasteiger partial charge in [0, 0.05) is 25.8 Å². The van der Waals surface area contributed by atoms with E-state index in [0.29, 0.717) is 6.61 Å². The molecule has 1 N–H and O–H groups in total. The highest BCUT2D eigenvalue weighted by molar-refractivity contribution is 5.20. The Morgan fingerprint density at radius 3 is 2.89 bits per heavy atom. The third-order valence-electron chi connectivity index (χ3n) is 2.74. The molecule has 0 spiro atoms. The number of aryl methyl sites for hydroxylation is 1. The lowest BCUT2D eigenvalue weighted by Gasteiger charge is -2.08. The number of imidazole rings is 1. The molecule has 2 aromatic rings. The van der Waals surface area contributed by atoms with Crippen molar-refractivity contribution in [2.45, 2.75) is 20.0 Å². The highest BCUT2D eigenvalue weighted by atomic mass is 16.5. The maximum atomic E-state index is 5.60. The van der Waals surface area contributed by atoms with Crippen LogP contribution in [0.25, 0.3) is 0 Å². The van der Waals surface area contributed by atoms with Gasteiger partial charge < -0.3 is 14.6 Å². The Kier molecular flexibility index (Phi) is 4.78. The lowest BCUT2D eigenvalue weighted by molar-refractivity contribution is 0.313. The van der Waals surface area contributed by atoms with Crippen molar-refractivity contribution in [2.24, 2.45) is 0 Å². The number of para-hydroxylation sites is 1. The van der Waals surface area contributed by atoms with Crippen LogP contribution in [0.1, 0.15) is 12.6 Å². The van der Waals surface area contributed by atoms with Gasteiger partial charge in [0.1, 0.15) is 12.4 Å². The molecule has 96 valence electrons. The van der Waals surface area contributed by atoms with Gasteiger partial charge in [-0.1, -0.05) is 18.2 Å². The Balaban J connectivity index is 1.65. The van der Waals surface area contributed by atoms with Crippen LogP contribution in [0.5, 0.6) is 5.75 Å². The van der Waals surface area contributed by atoms with Gasteiger partial charge in [-0.2, -0.15) is 0 Å². The number of hydrogen-bond acceptors (Lipinski definition) is 3. The molecular weight excluding hydrogens is 226 g/mol. The monoisotopic (exact) mass is 245 g/mol. The first-order chi connectivity index (χ1) is 8.90. The SMILES string of the molecule is CCn1cncc1CNCCOc1ccccc1. The van der Waals surface area contributed by atoms with Crippen LogP contribution in [0.3, 0.4) is 0 Å². The van der Waals surface area contributed by atoms with Crippen molar-refractivity contribution >= 4 is 0 Å². The van der Waals surface area contributed by atoms with Gasteiger partial charge in [0.15, 0.2) is 0 Å². The molecule has 0 fully saturated rings. The minimum Gasteiger partial charge on any atom is -0.492 e. The van der Waals surface area contributed by atoms with Crippen LogP contribution in [0.15, 0.2) is 42.9 Å². The van der Waals surface area contributed by atoms with Crippen molar-refractivity contribution in [3.05, 3.63) is 48.5 Å². The minimum absolute atomic E-state index is 0.671. The number of hydrogen-bond donors (Lipinski definition) is 1. The third kappa shape index (κ3) is 3.60. The summed E-state index contributed by atoms with van der Waals surface area (Å²) >= 11 is 0. The summed E-state index contributed by atoms with van der Waals surface area (Å²) in [6.45, 7) is 5.39. The number of nitrogens with one attached hydrogen (secondary N) is 1. The number of nitrogens with zero attached hydrogens (tertiary/aromatic N) is 2. The Labute approximate surface area is 108 Å². The highest BCUT2D eigenvalue weighted by Crippen LogP contribution is 2.07. The van der Waals surface area contributed by atoms with E-state index in [1.807, 2.05) is 42.9 Å². The number of rotatable bonds is 7. The fourth-order valence-electron chi connectivity index (χ4n) is 1.75. The molecule has 0 aliphatic carbocycles. The predicted molar refractivity (Wildman–Crippen MR) is 71.5 cm³/mol. The molecule has 0 saturated heterocycles. The van der Waals surface area contributed by atoms with Crippen LogP contribution < -0.4 is 10.1 Å². The van der Waals surface area contributed by atoms with E-state index in [1.165, 1.54) is 5.69 Å². The van der Waals surface area contributed by atoms with Crippen LogP contribution >= 0.6 is 0 Å². The summed E-state index contributed by atoms with van der Waals surface area (Å²) in [5.41, 5.74) is 1.21. The quantitative estimate of drug-likeness (QED) is 0.759. The highest BCUT2D eigenvalue weighted by Gasteiger charge is 1.99. The van der Waals surface area contributed by atoms with Crippen LogP contribution in [0.4, 0.5) is 0 Å². The lowest BCUT2D eigenvalue weighted by Crippen LogP contribution is -2.22. The van der Waals surface area contributed by atoms with E-state index in [4.69, 9.17) is 4.74 Å². The molecule has 2 rings (SSSR count). The molecule has 4 heteroatoms. The molecule has 4 nitrogen and oxygen atoms in total. The van der Waals surface area contributed by atoms with Crippen LogP contribution in [0, 0.1) is 0 Å². The largest absolute Gasteiger partial charge is 0.492 e. The van der Waals surface area contributed by atoms with E-state index in [-0.39, 0.29) is 0 Å². The van der Waals surface area contributed by atoms with Crippen LogP contribution in [-0.4, -0.2) is 22.7 Å². The molecule has 0 bridgehead atoms. The molecule has 0 aliphatic heterocycles. The van der Waals surface area contributed by atoms with Gasteiger partial charge in [-0.3, -0.25) is 0 Å². The summed E-state index contributed by atoms with van der Waals surface area (Å²) in [4.78, 5) is 4.13. The molecule has 0 aliphatic rings. The molecular formula is C14H19N3O. The molecule has 0 radical (unpaired) electrons. The molecule has 0 unspecified atom stereocenters. The first-order valence-electron chi connectivity index (χ1n) is 6.27. The van der Waals surface area contributed by atoms with E-state index >= 15 is 0 Å². The maximum Gasteiger partial charge on any atom is 0.119 e. The zero-order valence-electron chi connectivity index (χ0n) is 10.7. The predicted octanol–water partition coefficient (Wildman–Crippen LogP) is 2.07. The smallest absolute Gasteiger partial charge is 0.119 e. The van der Waals surface area contributed by atoms with Gasteiger partial charge in [0.2, 0.25) is 0 Å². The van der Waals surface area contributed by atoms with E-state index < -0.39 is 0 Å². The van der Waals surface area contributed by atoms with Crippen molar-refractivity contribution in [3.63, 3.8) is 0 Å². The first-order valence-corrected chi connectivity index (χ1v) is 6.27. The van der Waals surface area contributed by atoms with E-state index in [9.17, 15) is 0 Å². The second kappa shape index (κ2) is 6.81. The maximum absolute atomic E-state index is 5.60. The van der Waals surface area contributed by atoms with Gasteiger partial charge in [0.05, 0.1) is 12.0 Å². The normalized spacial score (nSPS) is 10.5. The zero-order chi connectivity index (χ0) is 12.6. The second-order valence-electron chi connectivity index (χ2n) is 4.01. The number of aromatic nitrogens is 2. The Morgan fingerprint density at radius 2 is 2.11 bits per heavy atom. The summed E-state index contributed by atoms with van der Waals surface area (Å²) in [6.07, 6.45) is 3.76. The fourth-order valence-corrected chi connectivity index (χ4v) is 1.75. The van der Waals surface area contributed by atoms with Gasteiger partial charge in [-0.25, -0.2) is 4.98 Å². The average Bonchev–Trinajstić information content (AvgIpc) is 2.87. The fraction of sp³-hybridized carbons (Fsp3) is 0.357. The molecule has 18 heavy (non-hydrogen) atoms. The topological polar surface area (TPSA) is 39.1 Å². The van der Waals surface area contributed by atoms with Crippen molar-refractivity contribution in [2.75, 3.05) is 13.2 Å². The number of benzene rings is 1. The van der Waals surface area contributed by atoms with Crippen molar-refractivity contribution in [1.29, 1.82) is 0 Å². The van der Waals surface area contributed by atoms with Crippen molar-refractivity contribution < 1.29 is 4.74 Å². The summed E-state index contributed by atoms with van der Waals surface area (Å²) in [5, 5.41) is 3.35. The minimum atomic E-state index is 0.671. The number of ether oxygens (including phenoxy) is 1. The van der Waals surface area contributed by atoms with E-state index in [1.54, 1.807) is 0 Å². The molecule has 0 amide bonds. The molecule has 0 atom stereocenters.